The Morgan fingerprint density at radius 3 is 2.39 bits per heavy atom. The molecule has 0 atom stereocenters. The molecule has 122 valence electrons. The van der Waals surface area contributed by atoms with Crippen molar-refractivity contribution in [2.75, 3.05) is 10.8 Å². The molecular formula is C15H13ClFNO4S. The maximum atomic E-state index is 13.3. The fraction of sp³-hybridized carbons (Fsp3) is 0.133. The van der Waals surface area contributed by atoms with E-state index in [1.165, 1.54) is 18.2 Å². The first-order chi connectivity index (χ1) is 10.8. The average Bonchev–Trinajstić information content (AvgIpc) is 2.51. The molecule has 5 nitrogen and oxygen atoms in total. The van der Waals surface area contributed by atoms with Crippen molar-refractivity contribution in [3.63, 3.8) is 0 Å². The molecule has 0 aliphatic rings. The third-order valence-electron chi connectivity index (χ3n) is 3.05. The Morgan fingerprint density at radius 2 is 1.83 bits per heavy atom. The van der Waals surface area contributed by atoms with E-state index < -0.39 is 28.2 Å². The number of aliphatic carboxylic acids is 1. The van der Waals surface area contributed by atoms with Gasteiger partial charge in [-0.2, -0.15) is 0 Å². The molecule has 1 N–H and O–H groups in total. The number of anilines is 1. The van der Waals surface area contributed by atoms with Crippen LogP contribution < -0.4 is 4.31 Å². The van der Waals surface area contributed by atoms with Crippen LogP contribution in [0.25, 0.3) is 0 Å². The minimum atomic E-state index is -3.99. The highest BCUT2D eigenvalue weighted by Crippen LogP contribution is 2.27. The van der Waals surface area contributed by atoms with Crippen molar-refractivity contribution in [2.24, 2.45) is 0 Å². The molecule has 8 heteroatoms. The van der Waals surface area contributed by atoms with Crippen LogP contribution >= 0.6 is 11.6 Å². The Hall–Kier alpha value is -2.12. The highest BCUT2D eigenvalue weighted by molar-refractivity contribution is 7.92. The molecule has 2 aromatic rings. The van der Waals surface area contributed by atoms with Gasteiger partial charge in [-0.05, 0) is 30.3 Å². The van der Waals surface area contributed by atoms with E-state index in [0.29, 0.717) is 0 Å². The zero-order chi connectivity index (χ0) is 17.0. The summed E-state index contributed by atoms with van der Waals surface area (Å²) in [5.41, 5.74) is 0.0986. The fourth-order valence-corrected chi connectivity index (χ4v) is 3.60. The lowest BCUT2D eigenvalue weighted by Gasteiger charge is -2.24. The molecule has 0 amide bonds. The molecule has 0 saturated heterocycles. The van der Waals surface area contributed by atoms with Gasteiger partial charge >= 0.3 is 5.97 Å². The van der Waals surface area contributed by atoms with Crippen LogP contribution in [0.3, 0.4) is 0 Å². The molecule has 0 radical (unpaired) electrons. The highest BCUT2D eigenvalue weighted by atomic mass is 35.5. The monoisotopic (exact) mass is 357 g/mol. The molecule has 0 saturated carbocycles. The van der Waals surface area contributed by atoms with Crippen molar-refractivity contribution in [3.05, 3.63) is 59.4 Å². The zero-order valence-electron chi connectivity index (χ0n) is 11.8. The smallest absolute Gasteiger partial charge is 0.305 e. The van der Waals surface area contributed by atoms with E-state index in [0.717, 1.165) is 16.4 Å². The number of carboxylic acid groups (broad SMARTS) is 1. The fourth-order valence-electron chi connectivity index (χ4n) is 1.95. The summed E-state index contributed by atoms with van der Waals surface area (Å²) < 4.78 is 39.7. The number of halogens is 2. The molecule has 0 unspecified atom stereocenters. The largest absolute Gasteiger partial charge is 0.481 e. The number of rotatable bonds is 6. The van der Waals surface area contributed by atoms with E-state index in [1.54, 1.807) is 18.2 Å². The molecule has 2 aromatic carbocycles. The second kappa shape index (κ2) is 6.97. The first-order valence-corrected chi connectivity index (χ1v) is 8.39. The van der Waals surface area contributed by atoms with Gasteiger partial charge in [0.1, 0.15) is 5.82 Å². The second-order valence-corrected chi connectivity index (χ2v) is 6.90. The van der Waals surface area contributed by atoms with Gasteiger partial charge in [-0.15, -0.1) is 0 Å². The summed E-state index contributed by atoms with van der Waals surface area (Å²) in [6.07, 6.45) is -0.402. The van der Waals surface area contributed by atoms with Crippen molar-refractivity contribution < 1.29 is 22.7 Å². The Balaban J connectivity index is 2.49. The van der Waals surface area contributed by atoms with Crippen LogP contribution in [0.5, 0.6) is 0 Å². The van der Waals surface area contributed by atoms with Crippen LogP contribution in [0.15, 0.2) is 53.4 Å². The van der Waals surface area contributed by atoms with Gasteiger partial charge in [-0.3, -0.25) is 9.10 Å². The van der Waals surface area contributed by atoms with Gasteiger partial charge in [0.25, 0.3) is 10.0 Å². The van der Waals surface area contributed by atoms with Gasteiger partial charge in [0.05, 0.1) is 22.0 Å². The molecule has 0 fully saturated rings. The van der Waals surface area contributed by atoms with Crippen molar-refractivity contribution in [1.29, 1.82) is 0 Å². The number of benzene rings is 2. The molecule has 0 spiro atoms. The van der Waals surface area contributed by atoms with Gasteiger partial charge in [-0.25, -0.2) is 12.8 Å². The molecule has 0 heterocycles. The molecule has 0 aliphatic carbocycles. The minimum absolute atomic E-state index is 0.00540. The topological polar surface area (TPSA) is 74.7 Å². The first-order valence-electron chi connectivity index (χ1n) is 6.57. The first kappa shape index (κ1) is 17.2. The molecule has 23 heavy (non-hydrogen) atoms. The maximum absolute atomic E-state index is 13.3. The number of sulfonamides is 1. The van der Waals surface area contributed by atoms with E-state index in [9.17, 15) is 17.6 Å². The normalized spacial score (nSPS) is 11.2. The summed E-state index contributed by atoms with van der Waals surface area (Å²) in [6.45, 7) is -0.297. The summed E-state index contributed by atoms with van der Waals surface area (Å²) in [5.74, 6) is -1.84. The number of carboxylic acids is 1. The van der Waals surface area contributed by atoms with Gasteiger partial charge in [0.15, 0.2) is 0 Å². The van der Waals surface area contributed by atoms with Gasteiger partial charge < -0.3 is 5.11 Å². The van der Waals surface area contributed by atoms with Crippen LogP contribution in [0.1, 0.15) is 6.42 Å². The summed E-state index contributed by atoms with van der Waals surface area (Å²) >= 11 is 5.70. The Labute approximate surface area is 138 Å². The van der Waals surface area contributed by atoms with Crippen LogP contribution in [0.4, 0.5) is 10.1 Å². The maximum Gasteiger partial charge on any atom is 0.305 e. The van der Waals surface area contributed by atoms with Gasteiger partial charge in [0, 0.05) is 6.54 Å². The lowest BCUT2D eigenvalue weighted by atomic mass is 10.3. The predicted octanol–water partition coefficient (Wildman–Crippen LogP) is 3.15. The van der Waals surface area contributed by atoms with E-state index in [4.69, 9.17) is 16.7 Å². The van der Waals surface area contributed by atoms with E-state index >= 15 is 0 Å². The molecule has 0 bridgehead atoms. The molecular weight excluding hydrogens is 345 g/mol. The standard InChI is InChI=1S/C15H13ClFNO4S/c16-13-10-11(6-7-14(13)17)18(9-8-15(19)20)23(21,22)12-4-2-1-3-5-12/h1-7,10H,8-9H2,(H,19,20). The molecule has 2 rings (SSSR count). The van der Waals surface area contributed by atoms with Crippen LogP contribution in [0.2, 0.25) is 5.02 Å². The Kier molecular flexibility index (Phi) is 5.23. The SMILES string of the molecule is O=C(O)CCN(c1ccc(F)c(Cl)c1)S(=O)(=O)c1ccccc1. The third-order valence-corrected chi connectivity index (χ3v) is 5.18. The van der Waals surface area contributed by atoms with Crippen molar-refractivity contribution in [3.8, 4) is 0 Å². The Bertz CT molecular complexity index is 811. The van der Waals surface area contributed by atoms with Gasteiger partial charge in [-0.1, -0.05) is 29.8 Å². The van der Waals surface area contributed by atoms with Crippen LogP contribution in [0, 0.1) is 5.82 Å². The Morgan fingerprint density at radius 1 is 1.17 bits per heavy atom. The number of hydrogen-bond acceptors (Lipinski definition) is 3. The summed E-state index contributed by atoms with van der Waals surface area (Å²) in [4.78, 5) is 10.8. The van der Waals surface area contributed by atoms with Crippen molar-refractivity contribution in [2.45, 2.75) is 11.3 Å². The lowest BCUT2D eigenvalue weighted by Crippen LogP contribution is -2.33. The number of carbonyl (C=O) groups is 1. The minimum Gasteiger partial charge on any atom is -0.481 e. The summed E-state index contributed by atoms with van der Waals surface area (Å²) in [6, 6.07) is 11.0. The number of hydrogen-bond donors (Lipinski definition) is 1. The van der Waals surface area contributed by atoms with Crippen molar-refractivity contribution >= 4 is 33.3 Å². The van der Waals surface area contributed by atoms with Crippen LogP contribution in [-0.4, -0.2) is 26.0 Å². The van der Waals surface area contributed by atoms with E-state index in [1.807, 2.05) is 0 Å². The van der Waals surface area contributed by atoms with Crippen molar-refractivity contribution in [1.82, 2.24) is 0 Å². The van der Waals surface area contributed by atoms with Gasteiger partial charge in [0.2, 0.25) is 0 Å². The number of nitrogens with zero attached hydrogens (tertiary/aromatic N) is 1. The van der Waals surface area contributed by atoms with E-state index in [2.05, 4.69) is 0 Å². The summed E-state index contributed by atoms with van der Waals surface area (Å²) in [7, 11) is -3.99. The molecule has 0 aliphatic heterocycles. The highest BCUT2D eigenvalue weighted by Gasteiger charge is 2.25. The average molecular weight is 358 g/mol. The predicted molar refractivity (Wildman–Crippen MR) is 84.6 cm³/mol. The zero-order valence-corrected chi connectivity index (χ0v) is 13.4. The second-order valence-electron chi connectivity index (χ2n) is 4.63. The van der Waals surface area contributed by atoms with E-state index in [-0.39, 0.29) is 22.2 Å². The molecule has 0 aromatic heterocycles. The lowest BCUT2D eigenvalue weighted by molar-refractivity contribution is -0.136. The van der Waals surface area contributed by atoms with Crippen LogP contribution in [-0.2, 0) is 14.8 Å². The third kappa shape index (κ3) is 4.00. The summed E-state index contributed by atoms with van der Waals surface area (Å²) in [5, 5.41) is 8.59. The quantitative estimate of drug-likeness (QED) is 0.861.